The molecule has 1 aromatic rings. The molecule has 3 nitrogen and oxygen atoms in total. The summed E-state index contributed by atoms with van der Waals surface area (Å²) in [6.45, 7) is 6.71. The van der Waals surface area contributed by atoms with Gasteiger partial charge in [-0.15, -0.1) is 0 Å². The van der Waals surface area contributed by atoms with Crippen LogP contribution in [0.1, 0.15) is 38.7 Å². The molecule has 0 bridgehead atoms. The lowest BCUT2D eigenvalue weighted by atomic mass is 9.97. The Kier molecular flexibility index (Phi) is 2.80. The maximum Gasteiger partial charge on any atom is 0.246 e. The highest BCUT2D eigenvalue weighted by molar-refractivity contribution is 5.46. The van der Waals surface area contributed by atoms with Gasteiger partial charge in [-0.1, -0.05) is 13.0 Å². The van der Waals surface area contributed by atoms with E-state index in [9.17, 15) is 0 Å². The third-order valence-corrected chi connectivity index (χ3v) is 2.85. The summed E-state index contributed by atoms with van der Waals surface area (Å²) in [5, 5.41) is 0. The molecule has 1 aliphatic rings. The molecule has 0 aliphatic carbocycles. The third kappa shape index (κ3) is 2.14. The van der Waals surface area contributed by atoms with E-state index < -0.39 is 5.79 Å². The molecule has 2 rings (SSSR count). The van der Waals surface area contributed by atoms with Crippen LogP contribution in [-0.4, -0.2) is 12.3 Å². The van der Waals surface area contributed by atoms with E-state index >= 15 is 0 Å². The molecule has 0 saturated carbocycles. The summed E-state index contributed by atoms with van der Waals surface area (Å²) in [6.07, 6.45) is 0.989. The summed E-state index contributed by atoms with van der Waals surface area (Å²) in [5.74, 6) is 1.58. The standard InChI is InChI=1S/C13H19NO2/c1-9(6-7-14)10-4-5-11-12(8-10)16-13(2,3)15-11/h4-5,8-9H,6-7,14H2,1-3H3. The van der Waals surface area contributed by atoms with E-state index in [0.29, 0.717) is 12.5 Å². The Morgan fingerprint density at radius 3 is 2.62 bits per heavy atom. The zero-order chi connectivity index (χ0) is 11.8. The zero-order valence-corrected chi connectivity index (χ0v) is 10.1. The van der Waals surface area contributed by atoms with E-state index in [-0.39, 0.29) is 0 Å². The second-order valence-electron chi connectivity index (χ2n) is 4.79. The smallest absolute Gasteiger partial charge is 0.246 e. The molecule has 0 fully saturated rings. The van der Waals surface area contributed by atoms with E-state index in [1.807, 2.05) is 19.9 Å². The second-order valence-corrected chi connectivity index (χ2v) is 4.79. The SMILES string of the molecule is CC(CCN)c1ccc2c(c1)OC(C)(C)O2. The highest BCUT2D eigenvalue weighted by Gasteiger charge is 2.31. The highest BCUT2D eigenvalue weighted by Crippen LogP contribution is 2.40. The van der Waals surface area contributed by atoms with Crippen molar-refractivity contribution in [2.24, 2.45) is 5.73 Å². The van der Waals surface area contributed by atoms with Crippen LogP contribution >= 0.6 is 0 Å². The Labute approximate surface area is 96.5 Å². The molecule has 0 spiro atoms. The second kappa shape index (κ2) is 3.98. The van der Waals surface area contributed by atoms with Crippen molar-refractivity contribution in [2.45, 2.75) is 38.9 Å². The molecular weight excluding hydrogens is 202 g/mol. The molecule has 1 aromatic carbocycles. The predicted molar refractivity (Wildman–Crippen MR) is 63.9 cm³/mol. The minimum Gasteiger partial charge on any atom is -0.449 e. The normalized spacial score (nSPS) is 18.5. The number of hydrogen-bond acceptors (Lipinski definition) is 3. The van der Waals surface area contributed by atoms with Gasteiger partial charge in [-0.2, -0.15) is 0 Å². The fraction of sp³-hybridized carbons (Fsp3) is 0.538. The maximum atomic E-state index is 5.71. The van der Waals surface area contributed by atoms with Crippen LogP contribution in [0, 0.1) is 0 Å². The number of ether oxygens (including phenoxy) is 2. The first-order chi connectivity index (χ1) is 7.52. The summed E-state index contributed by atoms with van der Waals surface area (Å²) in [7, 11) is 0. The van der Waals surface area contributed by atoms with Crippen LogP contribution in [-0.2, 0) is 0 Å². The van der Waals surface area contributed by atoms with E-state index in [0.717, 1.165) is 17.9 Å². The minimum atomic E-state index is -0.544. The van der Waals surface area contributed by atoms with Gasteiger partial charge in [-0.05, 0) is 36.6 Å². The van der Waals surface area contributed by atoms with Crippen LogP contribution in [0.25, 0.3) is 0 Å². The van der Waals surface area contributed by atoms with Crippen molar-refractivity contribution < 1.29 is 9.47 Å². The lowest BCUT2D eigenvalue weighted by Gasteiger charge is -2.16. The lowest BCUT2D eigenvalue weighted by molar-refractivity contribution is -0.0431. The molecule has 1 heterocycles. The molecule has 0 radical (unpaired) electrons. The molecule has 3 heteroatoms. The molecule has 0 saturated heterocycles. The van der Waals surface area contributed by atoms with E-state index in [2.05, 4.69) is 19.1 Å². The first-order valence-corrected chi connectivity index (χ1v) is 5.74. The minimum absolute atomic E-state index is 0.461. The number of rotatable bonds is 3. The van der Waals surface area contributed by atoms with Crippen molar-refractivity contribution in [3.8, 4) is 11.5 Å². The van der Waals surface area contributed by atoms with Gasteiger partial charge in [0.2, 0.25) is 5.79 Å². The summed E-state index contributed by atoms with van der Waals surface area (Å²) in [6, 6.07) is 6.13. The first-order valence-electron chi connectivity index (χ1n) is 5.74. The number of hydrogen-bond donors (Lipinski definition) is 1. The average Bonchev–Trinajstić information content (AvgIpc) is 2.50. The Morgan fingerprint density at radius 1 is 1.25 bits per heavy atom. The summed E-state index contributed by atoms with van der Waals surface area (Å²) in [4.78, 5) is 0. The predicted octanol–water partition coefficient (Wildman–Crippen LogP) is 2.65. The molecule has 1 atom stereocenters. The summed E-state index contributed by atoms with van der Waals surface area (Å²) < 4.78 is 11.4. The summed E-state index contributed by atoms with van der Waals surface area (Å²) in [5.41, 5.74) is 6.82. The van der Waals surface area contributed by atoms with Crippen molar-refractivity contribution in [3.05, 3.63) is 23.8 Å². The van der Waals surface area contributed by atoms with Crippen LogP contribution in [0.2, 0.25) is 0 Å². The van der Waals surface area contributed by atoms with Crippen LogP contribution < -0.4 is 15.2 Å². The van der Waals surface area contributed by atoms with Crippen LogP contribution in [0.15, 0.2) is 18.2 Å². The molecule has 1 unspecified atom stereocenters. The van der Waals surface area contributed by atoms with Crippen molar-refractivity contribution in [1.29, 1.82) is 0 Å². The van der Waals surface area contributed by atoms with Crippen LogP contribution in [0.5, 0.6) is 11.5 Å². The lowest BCUT2D eigenvalue weighted by Crippen LogP contribution is -2.29. The highest BCUT2D eigenvalue weighted by atomic mass is 16.7. The Hall–Kier alpha value is -1.22. The topological polar surface area (TPSA) is 44.5 Å². The molecule has 0 aromatic heterocycles. The molecule has 2 N–H and O–H groups in total. The van der Waals surface area contributed by atoms with Crippen LogP contribution in [0.3, 0.4) is 0 Å². The maximum absolute atomic E-state index is 5.71. The van der Waals surface area contributed by atoms with Crippen molar-refractivity contribution in [3.63, 3.8) is 0 Å². The van der Waals surface area contributed by atoms with Gasteiger partial charge < -0.3 is 15.2 Å². The van der Waals surface area contributed by atoms with Gasteiger partial charge in [-0.3, -0.25) is 0 Å². The van der Waals surface area contributed by atoms with Gasteiger partial charge >= 0.3 is 0 Å². The summed E-state index contributed by atoms with van der Waals surface area (Å²) >= 11 is 0. The monoisotopic (exact) mass is 221 g/mol. The van der Waals surface area contributed by atoms with E-state index in [4.69, 9.17) is 15.2 Å². The van der Waals surface area contributed by atoms with Gasteiger partial charge in [0.25, 0.3) is 0 Å². The van der Waals surface area contributed by atoms with Crippen molar-refractivity contribution >= 4 is 0 Å². The van der Waals surface area contributed by atoms with E-state index in [1.54, 1.807) is 0 Å². The van der Waals surface area contributed by atoms with Crippen molar-refractivity contribution in [2.75, 3.05) is 6.54 Å². The van der Waals surface area contributed by atoms with Gasteiger partial charge in [0.15, 0.2) is 11.5 Å². The molecule has 1 aliphatic heterocycles. The Bertz CT molecular complexity index is 388. The molecular formula is C13H19NO2. The van der Waals surface area contributed by atoms with Gasteiger partial charge in [-0.25, -0.2) is 0 Å². The number of nitrogens with two attached hydrogens (primary N) is 1. The average molecular weight is 221 g/mol. The van der Waals surface area contributed by atoms with Gasteiger partial charge in [0.1, 0.15) is 0 Å². The number of benzene rings is 1. The molecule has 16 heavy (non-hydrogen) atoms. The number of fused-ring (bicyclic) bond motifs is 1. The first kappa shape index (κ1) is 11.3. The zero-order valence-electron chi connectivity index (χ0n) is 10.1. The van der Waals surface area contributed by atoms with Gasteiger partial charge in [0, 0.05) is 13.8 Å². The molecule has 88 valence electrons. The third-order valence-electron chi connectivity index (χ3n) is 2.85. The fourth-order valence-electron chi connectivity index (χ4n) is 1.96. The fourth-order valence-corrected chi connectivity index (χ4v) is 1.96. The largest absolute Gasteiger partial charge is 0.449 e. The molecule has 0 amide bonds. The Morgan fingerprint density at radius 2 is 1.94 bits per heavy atom. The van der Waals surface area contributed by atoms with Crippen molar-refractivity contribution in [1.82, 2.24) is 0 Å². The Balaban J connectivity index is 2.22. The van der Waals surface area contributed by atoms with Crippen LogP contribution in [0.4, 0.5) is 0 Å². The quantitative estimate of drug-likeness (QED) is 0.853. The van der Waals surface area contributed by atoms with Gasteiger partial charge in [0.05, 0.1) is 0 Å². The van der Waals surface area contributed by atoms with E-state index in [1.165, 1.54) is 5.56 Å².